The van der Waals surface area contributed by atoms with Crippen LogP contribution in [-0.4, -0.2) is 15.6 Å². The van der Waals surface area contributed by atoms with E-state index in [1.54, 1.807) is 10.9 Å². The molecule has 0 unspecified atom stereocenters. The van der Waals surface area contributed by atoms with E-state index in [1.165, 1.54) is 6.42 Å². The molecule has 5 heteroatoms. The summed E-state index contributed by atoms with van der Waals surface area (Å²) < 4.78 is 13.9. The summed E-state index contributed by atoms with van der Waals surface area (Å²) in [6, 6.07) is 5.99. The lowest BCUT2D eigenvalue weighted by molar-refractivity contribution is -0.105. The third-order valence-electron chi connectivity index (χ3n) is 4.45. The third-order valence-corrected chi connectivity index (χ3v) is 4.45. The van der Waals surface area contributed by atoms with E-state index in [1.807, 2.05) is 25.2 Å². The van der Waals surface area contributed by atoms with E-state index in [9.17, 15) is 0 Å². The Labute approximate surface area is 123 Å². The van der Waals surface area contributed by atoms with Gasteiger partial charge < -0.3 is 15.2 Å². The number of rotatable bonds is 1. The number of aromatic nitrogens is 2. The van der Waals surface area contributed by atoms with Crippen LogP contribution >= 0.6 is 0 Å². The van der Waals surface area contributed by atoms with Crippen LogP contribution in [0.25, 0.3) is 11.1 Å². The first-order chi connectivity index (χ1) is 10.2. The van der Waals surface area contributed by atoms with E-state index < -0.39 is 5.79 Å². The molecule has 1 spiro atoms. The second-order valence-corrected chi connectivity index (χ2v) is 5.90. The highest BCUT2D eigenvalue weighted by molar-refractivity contribution is 5.75. The van der Waals surface area contributed by atoms with E-state index in [-0.39, 0.29) is 0 Å². The largest absolute Gasteiger partial charge is 0.448 e. The molecule has 4 rings (SSSR count). The highest BCUT2D eigenvalue weighted by Gasteiger charge is 2.42. The average molecular weight is 285 g/mol. The molecule has 5 nitrogen and oxygen atoms in total. The van der Waals surface area contributed by atoms with Crippen LogP contribution in [0.4, 0.5) is 5.82 Å². The van der Waals surface area contributed by atoms with Crippen molar-refractivity contribution in [1.29, 1.82) is 0 Å². The highest BCUT2D eigenvalue weighted by atomic mass is 16.7. The summed E-state index contributed by atoms with van der Waals surface area (Å²) in [6.07, 6.45) is 7.30. The summed E-state index contributed by atoms with van der Waals surface area (Å²) in [5, 5.41) is 4.19. The van der Waals surface area contributed by atoms with Gasteiger partial charge in [0, 0.05) is 25.5 Å². The van der Waals surface area contributed by atoms with Gasteiger partial charge in [-0.15, -0.1) is 0 Å². The Morgan fingerprint density at radius 3 is 2.62 bits per heavy atom. The normalized spacial score (nSPS) is 19.1. The Bertz CT molecular complexity index is 687. The van der Waals surface area contributed by atoms with Gasteiger partial charge in [0.05, 0.1) is 6.20 Å². The van der Waals surface area contributed by atoms with Gasteiger partial charge in [0.2, 0.25) is 0 Å². The van der Waals surface area contributed by atoms with E-state index in [0.717, 1.165) is 48.3 Å². The van der Waals surface area contributed by atoms with Crippen molar-refractivity contribution in [3.63, 3.8) is 0 Å². The first kappa shape index (κ1) is 12.6. The molecule has 21 heavy (non-hydrogen) atoms. The molecular formula is C16H19N3O2. The molecular weight excluding hydrogens is 266 g/mol. The van der Waals surface area contributed by atoms with Crippen molar-refractivity contribution in [3.05, 3.63) is 24.4 Å². The predicted molar refractivity (Wildman–Crippen MR) is 80.1 cm³/mol. The maximum absolute atomic E-state index is 6.15. The van der Waals surface area contributed by atoms with Crippen LogP contribution in [0, 0.1) is 0 Å². The van der Waals surface area contributed by atoms with Crippen molar-refractivity contribution >= 4 is 5.82 Å². The molecule has 110 valence electrons. The Kier molecular flexibility index (Phi) is 2.64. The van der Waals surface area contributed by atoms with Gasteiger partial charge in [-0.05, 0) is 30.5 Å². The van der Waals surface area contributed by atoms with Crippen molar-refractivity contribution in [1.82, 2.24) is 9.78 Å². The SMILES string of the molecule is Cn1ncc(-c2ccc3c(c2)OC2(CCCCC2)O3)c1N. The summed E-state index contributed by atoms with van der Waals surface area (Å²) in [5.74, 6) is 1.88. The van der Waals surface area contributed by atoms with E-state index >= 15 is 0 Å². The van der Waals surface area contributed by atoms with Crippen LogP contribution in [-0.2, 0) is 7.05 Å². The molecule has 0 bridgehead atoms. The molecule has 1 saturated carbocycles. The molecule has 1 aromatic carbocycles. The number of hydrogen-bond acceptors (Lipinski definition) is 4. The maximum atomic E-state index is 6.15. The fourth-order valence-electron chi connectivity index (χ4n) is 3.23. The van der Waals surface area contributed by atoms with E-state index in [0.29, 0.717) is 5.82 Å². The fraction of sp³-hybridized carbons (Fsp3) is 0.438. The van der Waals surface area contributed by atoms with Crippen LogP contribution in [0.5, 0.6) is 11.5 Å². The summed E-state index contributed by atoms with van der Waals surface area (Å²) in [4.78, 5) is 0. The number of fused-ring (bicyclic) bond motifs is 1. The minimum absolute atomic E-state index is 0.431. The van der Waals surface area contributed by atoms with Crippen molar-refractivity contribution in [2.45, 2.75) is 37.9 Å². The van der Waals surface area contributed by atoms with Crippen LogP contribution in [0.2, 0.25) is 0 Å². The molecule has 0 radical (unpaired) electrons. The molecule has 1 fully saturated rings. The monoisotopic (exact) mass is 285 g/mol. The fourth-order valence-corrected chi connectivity index (χ4v) is 3.23. The summed E-state index contributed by atoms with van der Waals surface area (Å²) in [7, 11) is 1.84. The molecule has 1 aromatic heterocycles. The van der Waals surface area contributed by atoms with Crippen molar-refractivity contribution < 1.29 is 9.47 Å². The molecule has 2 N–H and O–H groups in total. The second kappa shape index (κ2) is 4.41. The lowest BCUT2D eigenvalue weighted by Crippen LogP contribution is -2.40. The smallest absolute Gasteiger partial charge is 0.251 e. The van der Waals surface area contributed by atoms with Gasteiger partial charge in [-0.1, -0.05) is 12.5 Å². The topological polar surface area (TPSA) is 62.3 Å². The number of nitrogen functional groups attached to an aromatic ring is 1. The number of nitrogens with two attached hydrogens (primary N) is 1. The molecule has 0 amide bonds. The first-order valence-corrected chi connectivity index (χ1v) is 7.47. The van der Waals surface area contributed by atoms with Crippen molar-refractivity contribution in [2.24, 2.45) is 7.05 Å². The van der Waals surface area contributed by atoms with Crippen LogP contribution in [0.3, 0.4) is 0 Å². The molecule has 0 atom stereocenters. The van der Waals surface area contributed by atoms with Crippen LogP contribution < -0.4 is 15.2 Å². The zero-order valence-electron chi connectivity index (χ0n) is 12.1. The van der Waals surface area contributed by atoms with Gasteiger partial charge in [-0.3, -0.25) is 4.68 Å². The number of anilines is 1. The average Bonchev–Trinajstić information content (AvgIpc) is 3.00. The first-order valence-electron chi connectivity index (χ1n) is 7.47. The lowest BCUT2D eigenvalue weighted by Gasteiger charge is -2.31. The summed E-state index contributed by atoms with van der Waals surface area (Å²) in [6.45, 7) is 0. The van der Waals surface area contributed by atoms with Crippen LogP contribution in [0.1, 0.15) is 32.1 Å². The Morgan fingerprint density at radius 2 is 1.90 bits per heavy atom. The standard InChI is InChI=1S/C16H19N3O2/c1-19-15(17)12(10-18-19)11-5-6-13-14(9-11)21-16(20-13)7-3-2-4-8-16/h5-6,9-10H,2-4,7-8,17H2,1H3. The lowest BCUT2D eigenvalue weighted by atomic mass is 9.94. The van der Waals surface area contributed by atoms with Gasteiger partial charge >= 0.3 is 0 Å². The van der Waals surface area contributed by atoms with Gasteiger partial charge in [-0.2, -0.15) is 5.10 Å². The Hall–Kier alpha value is -2.17. The quantitative estimate of drug-likeness (QED) is 0.874. The molecule has 0 saturated heterocycles. The Morgan fingerprint density at radius 1 is 1.14 bits per heavy atom. The van der Waals surface area contributed by atoms with Gasteiger partial charge in [0.1, 0.15) is 5.82 Å². The number of hydrogen-bond donors (Lipinski definition) is 1. The predicted octanol–water partition coefficient (Wildman–Crippen LogP) is 3.10. The maximum Gasteiger partial charge on any atom is 0.251 e. The number of benzene rings is 1. The minimum atomic E-state index is -0.431. The van der Waals surface area contributed by atoms with Crippen molar-refractivity contribution in [2.75, 3.05) is 5.73 Å². The molecule has 1 aliphatic heterocycles. The van der Waals surface area contributed by atoms with E-state index in [4.69, 9.17) is 15.2 Å². The van der Waals surface area contributed by atoms with Gasteiger partial charge in [-0.25, -0.2) is 0 Å². The van der Waals surface area contributed by atoms with Crippen LogP contribution in [0.15, 0.2) is 24.4 Å². The summed E-state index contributed by atoms with van der Waals surface area (Å²) in [5.41, 5.74) is 7.98. The molecule has 2 aliphatic rings. The number of ether oxygens (including phenoxy) is 2. The molecule has 2 heterocycles. The third kappa shape index (κ3) is 1.95. The Balaban J connectivity index is 1.68. The summed E-state index contributed by atoms with van der Waals surface area (Å²) >= 11 is 0. The number of nitrogens with zero attached hydrogens (tertiary/aromatic N) is 2. The van der Waals surface area contributed by atoms with E-state index in [2.05, 4.69) is 5.10 Å². The van der Waals surface area contributed by atoms with Crippen molar-refractivity contribution in [3.8, 4) is 22.6 Å². The highest BCUT2D eigenvalue weighted by Crippen LogP contribution is 2.47. The zero-order valence-corrected chi connectivity index (χ0v) is 12.1. The second-order valence-electron chi connectivity index (χ2n) is 5.90. The van der Waals surface area contributed by atoms with Gasteiger partial charge in [0.25, 0.3) is 5.79 Å². The van der Waals surface area contributed by atoms with Gasteiger partial charge in [0.15, 0.2) is 11.5 Å². The number of aryl methyl sites for hydroxylation is 1. The zero-order chi connectivity index (χ0) is 14.4. The molecule has 2 aromatic rings. The molecule has 1 aliphatic carbocycles. The minimum Gasteiger partial charge on any atom is -0.448 e.